The SMILES string of the molecule is CCCC(OC1CCO1)[Si](C)(OC)OC. The van der Waals surface area contributed by atoms with Gasteiger partial charge in [-0.15, -0.1) is 0 Å². The van der Waals surface area contributed by atoms with Crippen molar-refractivity contribution in [3.63, 3.8) is 0 Å². The Hall–Kier alpha value is 0.0569. The number of ether oxygens (including phenoxy) is 2. The highest BCUT2D eigenvalue weighted by atomic mass is 28.4. The standard InChI is InChI=1S/C10H22O4Si/c1-5-6-10(14-9-7-8-13-9)15(4,11-2)12-3/h9-10H,5-8H2,1-4H3. The first kappa shape index (κ1) is 13.1. The summed E-state index contributed by atoms with van der Waals surface area (Å²) in [5, 5.41) is 0. The monoisotopic (exact) mass is 234 g/mol. The van der Waals surface area contributed by atoms with Crippen LogP contribution in [0.4, 0.5) is 0 Å². The Bertz CT molecular complexity index is 180. The zero-order chi connectivity index (χ0) is 11.3. The molecule has 1 fully saturated rings. The van der Waals surface area contributed by atoms with Crippen LogP contribution in [0.25, 0.3) is 0 Å². The van der Waals surface area contributed by atoms with Gasteiger partial charge in [0.15, 0.2) is 6.29 Å². The van der Waals surface area contributed by atoms with Gasteiger partial charge in [0, 0.05) is 20.6 Å². The second kappa shape index (κ2) is 5.96. The van der Waals surface area contributed by atoms with Gasteiger partial charge in [0.2, 0.25) is 0 Å². The van der Waals surface area contributed by atoms with E-state index in [2.05, 4.69) is 6.92 Å². The second-order valence-corrected chi connectivity index (χ2v) is 7.42. The van der Waals surface area contributed by atoms with E-state index in [4.69, 9.17) is 18.3 Å². The van der Waals surface area contributed by atoms with Crippen molar-refractivity contribution in [3.05, 3.63) is 0 Å². The van der Waals surface area contributed by atoms with Crippen molar-refractivity contribution in [1.82, 2.24) is 0 Å². The zero-order valence-corrected chi connectivity index (χ0v) is 11.1. The first-order chi connectivity index (χ1) is 7.16. The summed E-state index contributed by atoms with van der Waals surface area (Å²) >= 11 is 0. The van der Waals surface area contributed by atoms with Crippen molar-refractivity contribution in [1.29, 1.82) is 0 Å². The lowest BCUT2D eigenvalue weighted by Gasteiger charge is -2.37. The van der Waals surface area contributed by atoms with E-state index < -0.39 is 8.56 Å². The molecule has 5 heteroatoms. The second-order valence-electron chi connectivity index (χ2n) is 3.93. The lowest BCUT2D eigenvalue weighted by atomic mass is 10.3. The molecular formula is C10H22O4Si. The van der Waals surface area contributed by atoms with Crippen LogP contribution in [0.5, 0.6) is 0 Å². The van der Waals surface area contributed by atoms with Crippen LogP contribution < -0.4 is 0 Å². The molecule has 1 aliphatic heterocycles. The van der Waals surface area contributed by atoms with Crippen LogP contribution in [0.15, 0.2) is 0 Å². The summed E-state index contributed by atoms with van der Waals surface area (Å²) in [6.07, 6.45) is 2.97. The van der Waals surface area contributed by atoms with Crippen LogP contribution >= 0.6 is 0 Å². The Morgan fingerprint density at radius 2 is 2.00 bits per heavy atom. The molecule has 2 unspecified atom stereocenters. The quantitative estimate of drug-likeness (QED) is 0.630. The molecule has 1 aliphatic rings. The van der Waals surface area contributed by atoms with Crippen molar-refractivity contribution in [3.8, 4) is 0 Å². The molecule has 2 atom stereocenters. The largest absolute Gasteiger partial charge is 0.396 e. The highest BCUT2D eigenvalue weighted by Gasteiger charge is 2.42. The Labute approximate surface area is 93.1 Å². The third-order valence-corrected chi connectivity index (χ3v) is 6.14. The van der Waals surface area contributed by atoms with Crippen molar-refractivity contribution < 1.29 is 18.3 Å². The minimum atomic E-state index is -2.20. The van der Waals surface area contributed by atoms with Crippen molar-refractivity contribution in [2.75, 3.05) is 20.8 Å². The van der Waals surface area contributed by atoms with Gasteiger partial charge in [-0.1, -0.05) is 13.3 Å². The van der Waals surface area contributed by atoms with Crippen molar-refractivity contribution in [2.24, 2.45) is 0 Å². The molecule has 0 amide bonds. The molecule has 0 aromatic carbocycles. The summed E-state index contributed by atoms with van der Waals surface area (Å²) in [6.45, 7) is 4.98. The van der Waals surface area contributed by atoms with Crippen LogP contribution in [0.1, 0.15) is 26.2 Å². The Morgan fingerprint density at radius 1 is 1.40 bits per heavy atom. The number of hydrogen-bond acceptors (Lipinski definition) is 4. The van der Waals surface area contributed by atoms with Gasteiger partial charge < -0.3 is 18.3 Å². The van der Waals surface area contributed by atoms with Gasteiger partial charge in [-0.2, -0.15) is 0 Å². The normalized spacial score (nSPS) is 23.6. The summed E-state index contributed by atoms with van der Waals surface area (Å²) in [4.78, 5) is 0. The van der Waals surface area contributed by atoms with Gasteiger partial charge >= 0.3 is 8.56 Å². The van der Waals surface area contributed by atoms with E-state index in [1.165, 1.54) is 0 Å². The Kier molecular flexibility index (Phi) is 5.21. The molecule has 0 bridgehead atoms. The van der Waals surface area contributed by atoms with Gasteiger partial charge in [-0.3, -0.25) is 0 Å². The Balaban J connectivity index is 2.53. The average molecular weight is 234 g/mol. The van der Waals surface area contributed by atoms with E-state index in [0.29, 0.717) is 0 Å². The van der Waals surface area contributed by atoms with E-state index in [0.717, 1.165) is 25.9 Å². The van der Waals surface area contributed by atoms with Crippen LogP contribution in [0.2, 0.25) is 6.55 Å². The smallest absolute Gasteiger partial charge is 0.364 e. The number of hydrogen-bond donors (Lipinski definition) is 0. The van der Waals surface area contributed by atoms with Crippen LogP contribution in [-0.4, -0.2) is 41.4 Å². The van der Waals surface area contributed by atoms with Crippen molar-refractivity contribution >= 4 is 8.56 Å². The van der Waals surface area contributed by atoms with Gasteiger partial charge in [0.1, 0.15) is 5.73 Å². The van der Waals surface area contributed by atoms with Crippen LogP contribution in [-0.2, 0) is 18.3 Å². The molecule has 0 spiro atoms. The summed E-state index contributed by atoms with van der Waals surface area (Å²) in [6, 6.07) is 0. The molecule has 0 saturated carbocycles. The predicted molar refractivity (Wildman–Crippen MR) is 59.8 cm³/mol. The molecule has 90 valence electrons. The zero-order valence-electron chi connectivity index (χ0n) is 10.1. The fourth-order valence-corrected chi connectivity index (χ4v) is 3.47. The maximum atomic E-state index is 5.86. The van der Waals surface area contributed by atoms with Crippen LogP contribution in [0, 0.1) is 0 Å². The maximum absolute atomic E-state index is 5.86. The van der Waals surface area contributed by atoms with Crippen LogP contribution in [0.3, 0.4) is 0 Å². The summed E-state index contributed by atoms with van der Waals surface area (Å²) in [5.41, 5.74) is 0.0581. The Morgan fingerprint density at radius 3 is 2.33 bits per heavy atom. The lowest BCUT2D eigenvalue weighted by Crippen LogP contribution is -2.53. The van der Waals surface area contributed by atoms with E-state index in [-0.39, 0.29) is 12.0 Å². The van der Waals surface area contributed by atoms with E-state index in [9.17, 15) is 0 Å². The third-order valence-electron chi connectivity index (χ3n) is 2.92. The minimum absolute atomic E-state index is 0.0429. The van der Waals surface area contributed by atoms with Gasteiger partial charge in [0.05, 0.1) is 6.61 Å². The average Bonchev–Trinajstić information content (AvgIpc) is 2.20. The predicted octanol–water partition coefficient (Wildman–Crippen LogP) is 1.82. The number of rotatable bonds is 7. The molecule has 0 N–H and O–H groups in total. The fourth-order valence-electron chi connectivity index (χ4n) is 1.57. The van der Waals surface area contributed by atoms with Gasteiger partial charge in [-0.25, -0.2) is 0 Å². The molecule has 0 radical (unpaired) electrons. The third kappa shape index (κ3) is 3.25. The molecule has 15 heavy (non-hydrogen) atoms. The molecule has 0 aromatic heterocycles. The lowest BCUT2D eigenvalue weighted by molar-refractivity contribution is -0.228. The van der Waals surface area contributed by atoms with Crippen molar-refractivity contribution in [2.45, 2.75) is 44.8 Å². The maximum Gasteiger partial charge on any atom is 0.364 e. The summed E-state index contributed by atoms with van der Waals surface area (Å²) in [5.74, 6) is 0. The molecule has 0 aliphatic carbocycles. The highest BCUT2D eigenvalue weighted by Crippen LogP contribution is 2.24. The highest BCUT2D eigenvalue weighted by molar-refractivity contribution is 6.67. The van der Waals surface area contributed by atoms with Gasteiger partial charge in [0.25, 0.3) is 0 Å². The topological polar surface area (TPSA) is 36.9 Å². The molecule has 1 heterocycles. The summed E-state index contributed by atoms with van der Waals surface area (Å²) < 4.78 is 22.2. The molecule has 1 saturated heterocycles. The fraction of sp³-hybridized carbons (Fsp3) is 1.00. The molecule has 0 aromatic rings. The first-order valence-corrected chi connectivity index (χ1v) is 7.93. The molecular weight excluding hydrogens is 212 g/mol. The van der Waals surface area contributed by atoms with Gasteiger partial charge in [-0.05, 0) is 13.0 Å². The van der Waals surface area contributed by atoms with E-state index in [1.54, 1.807) is 14.2 Å². The summed E-state index contributed by atoms with van der Waals surface area (Å²) in [7, 11) is 1.20. The first-order valence-electron chi connectivity index (χ1n) is 5.53. The minimum Gasteiger partial charge on any atom is -0.396 e. The molecule has 4 nitrogen and oxygen atoms in total. The molecule has 1 rings (SSSR count). The van der Waals surface area contributed by atoms with E-state index in [1.807, 2.05) is 6.55 Å². The van der Waals surface area contributed by atoms with E-state index >= 15 is 0 Å².